The third kappa shape index (κ3) is 2.73. The summed E-state index contributed by atoms with van der Waals surface area (Å²) in [5, 5.41) is 13.6. The summed E-state index contributed by atoms with van der Waals surface area (Å²) in [6.07, 6.45) is 3.94. The van der Waals surface area contributed by atoms with Crippen LogP contribution < -0.4 is 5.32 Å². The molecule has 2 aromatic heterocycles. The average Bonchev–Trinajstić information content (AvgIpc) is 2.94. The summed E-state index contributed by atoms with van der Waals surface area (Å²) < 4.78 is 1.75. The van der Waals surface area contributed by atoms with E-state index >= 15 is 0 Å². The number of hydrogen-bond acceptors (Lipinski definition) is 4. The van der Waals surface area contributed by atoms with E-state index in [1.165, 1.54) is 10.4 Å². The molecule has 0 radical (unpaired) electrons. The van der Waals surface area contributed by atoms with Crippen molar-refractivity contribution in [1.29, 1.82) is 0 Å². The smallest absolute Gasteiger partial charge is 0.0846 e. The minimum Gasteiger partial charge on any atom is -0.312 e. The van der Waals surface area contributed by atoms with Gasteiger partial charge in [-0.25, -0.2) is 0 Å². The fourth-order valence-electron chi connectivity index (χ4n) is 1.97. The number of rotatable bonds is 5. The number of likely N-dealkylation sites (N-methyl/N-ethyl adjacent to an activating group) is 1. The molecule has 92 valence electrons. The first-order chi connectivity index (χ1) is 8.24. The molecule has 2 heterocycles. The van der Waals surface area contributed by atoms with Crippen LogP contribution in [0.4, 0.5) is 0 Å². The third-order valence-electron chi connectivity index (χ3n) is 2.89. The van der Waals surface area contributed by atoms with Crippen LogP contribution in [0, 0.1) is 0 Å². The normalized spacial score (nSPS) is 12.9. The molecular formula is C12H18N4S. The number of nitrogens with one attached hydrogen (secondary N) is 1. The van der Waals surface area contributed by atoms with Crippen molar-refractivity contribution in [3.05, 3.63) is 33.8 Å². The molecule has 1 atom stereocenters. The van der Waals surface area contributed by atoms with Crippen molar-refractivity contribution in [2.75, 3.05) is 7.05 Å². The lowest BCUT2D eigenvalue weighted by Crippen LogP contribution is -2.19. The molecule has 2 rings (SSSR count). The van der Waals surface area contributed by atoms with E-state index in [2.05, 4.69) is 34.0 Å². The fraction of sp³-hybridized carbons (Fsp3) is 0.500. The molecule has 0 aliphatic carbocycles. The SMILES string of the molecule is CCc1ccsc1C(Cc1cn(C)nn1)NC. The summed E-state index contributed by atoms with van der Waals surface area (Å²) in [7, 11) is 3.90. The van der Waals surface area contributed by atoms with E-state index in [9.17, 15) is 0 Å². The molecule has 0 aliphatic heterocycles. The minimum atomic E-state index is 0.335. The first kappa shape index (κ1) is 12.3. The molecule has 0 aromatic carbocycles. The summed E-state index contributed by atoms with van der Waals surface area (Å²) in [4.78, 5) is 1.42. The van der Waals surface area contributed by atoms with Crippen molar-refractivity contribution in [3.63, 3.8) is 0 Å². The number of thiophene rings is 1. The largest absolute Gasteiger partial charge is 0.312 e. The van der Waals surface area contributed by atoms with Gasteiger partial charge in [-0.2, -0.15) is 0 Å². The Hall–Kier alpha value is -1.20. The van der Waals surface area contributed by atoms with E-state index < -0.39 is 0 Å². The lowest BCUT2D eigenvalue weighted by Gasteiger charge is -2.14. The molecule has 2 aromatic rings. The van der Waals surface area contributed by atoms with Gasteiger partial charge < -0.3 is 5.32 Å². The first-order valence-corrected chi connectivity index (χ1v) is 6.71. The lowest BCUT2D eigenvalue weighted by molar-refractivity contribution is 0.589. The monoisotopic (exact) mass is 250 g/mol. The van der Waals surface area contributed by atoms with Crippen LogP contribution in [0.5, 0.6) is 0 Å². The number of nitrogens with zero attached hydrogens (tertiary/aromatic N) is 3. The maximum absolute atomic E-state index is 4.15. The van der Waals surface area contributed by atoms with Gasteiger partial charge in [-0.3, -0.25) is 4.68 Å². The predicted octanol–water partition coefficient (Wildman–Crippen LogP) is 1.94. The van der Waals surface area contributed by atoms with Crippen molar-refractivity contribution in [2.45, 2.75) is 25.8 Å². The second-order valence-corrected chi connectivity index (χ2v) is 5.04. The summed E-state index contributed by atoms with van der Waals surface area (Å²) in [6, 6.07) is 2.54. The number of hydrogen-bond donors (Lipinski definition) is 1. The standard InChI is InChI=1S/C12H18N4S/c1-4-9-5-6-17-12(9)11(13-2)7-10-8-16(3)15-14-10/h5-6,8,11,13H,4,7H2,1-3H3. The zero-order valence-corrected chi connectivity index (χ0v) is 11.3. The average molecular weight is 250 g/mol. The van der Waals surface area contributed by atoms with E-state index in [0.29, 0.717) is 6.04 Å². The Bertz CT molecular complexity index is 474. The van der Waals surface area contributed by atoms with Gasteiger partial charge in [-0.1, -0.05) is 12.1 Å². The van der Waals surface area contributed by atoms with Crippen molar-refractivity contribution in [2.24, 2.45) is 7.05 Å². The molecule has 0 saturated heterocycles. The highest BCUT2D eigenvalue weighted by Crippen LogP contribution is 2.27. The Labute approximate surface area is 106 Å². The molecule has 1 N–H and O–H groups in total. The highest BCUT2D eigenvalue weighted by Gasteiger charge is 2.16. The van der Waals surface area contributed by atoms with Gasteiger partial charge in [0.2, 0.25) is 0 Å². The van der Waals surface area contributed by atoms with E-state index in [4.69, 9.17) is 0 Å². The predicted molar refractivity (Wildman–Crippen MR) is 70.2 cm³/mol. The molecule has 4 nitrogen and oxygen atoms in total. The number of aryl methyl sites for hydroxylation is 2. The van der Waals surface area contributed by atoms with Crippen LogP contribution in [0.2, 0.25) is 0 Å². The van der Waals surface area contributed by atoms with Crippen LogP contribution in [0.25, 0.3) is 0 Å². The molecule has 0 amide bonds. The van der Waals surface area contributed by atoms with Crippen molar-refractivity contribution in [1.82, 2.24) is 20.3 Å². The topological polar surface area (TPSA) is 42.7 Å². The molecule has 17 heavy (non-hydrogen) atoms. The second kappa shape index (κ2) is 5.42. The van der Waals surface area contributed by atoms with Gasteiger partial charge in [-0.15, -0.1) is 16.4 Å². The van der Waals surface area contributed by atoms with Gasteiger partial charge in [0.1, 0.15) is 0 Å². The van der Waals surface area contributed by atoms with E-state index in [1.54, 1.807) is 4.68 Å². The van der Waals surface area contributed by atoms with Crippen LogP contribution in [0.3, 0.4) is 0 Å². The van der Waals surface area contributed by atoms with Crippen LogP contribution in [0.1, 0.15) is 29.1 Å². The molecule has 0 fully saturated rings. The van der Waals surface area contributed by atoms with Crippen LogP contribution >= 0.6 is 11.3 Å². The zero-order valence-electron chi connectivity index (χ0n) is 10.5. The van der Waals surface area contributed by atoms with E-state index in [0.717, 1.165) is 18.5 Å². The Morgan fingerprint density at radius 3 is 2.94 bits per heavy atom. The Morgan fingerprint density at radius 2 is 2.35 bits per heavy atom. The Morgan fingerprint density at radius 1 is 1.53 bits per heavy atom. The van der Waals surface area contributed by atoms with Crippen LogP contribution in [0.15, 0.2) is 17.6 Å². The van der Waals surface area contributed by atoms with Crippen LogP contribution in [-0.2, 0) is 19.9 Å². The highest BCUT2D eigenvalue weighted by atomic mass is 32.1. The van der Waals surface area contributed by atoms with Gasteiger partial charge in [0.25, 0.3) is 0 Å². The highest BCUT2D eigenvalue weighted by molar-refractivity contribution is 7.10. The molecule has 0 saturated carbocycles. The Balaban J connectivity index is 2.16. The maximum Gasteiger partial charge on any atom is 0.0846 e. The van der Waals surface area contributed by atoms with Gasteiger partial charge in [0.15, 0.2) is 0 Å². The molecule has 0 aliphatic rings. The Kier molecular flexibility index (Phi) is 3.91. The summed E-state index contributed by atoms with van der Waals surface area (Å²) >= 11 is 1.82. The summed E-state index contributed by atoms with van der Waals surface area (Å²) in [5.74, 6) is 0. The molecule has 1 unspecified atom stereocenters. The van der Waals surface area contributed by atoms with Crippen molar-refractivity contribution >= 4 is 11.3 Å². The number of aromatic nitrogens is 3. The van der Waals surface area contributed by atoms with Crippen molar-refractivity contribution < 1.29 is 0 Å². The van der Waals surface area contributed by atoms with Crippen LogP contribution in [-0.4, -0.2) is 22.0 Å². The first-order valence-electron chi connectivity index (χ1n) is 5.83. The zero-order chi connectivity index (χ0) is 12.3. The lowest BCUT2D eigenvalue weighted by atomic mass is 10.1. The fourth-order valence-corrected chi connectivity index (χ4v) is 3.08. The molecule has 0 spiro atoms. The van der Waals surface area contributed by atoms with Crippen molar-refractivity contribution in [3.8, 4) is 0 Å². The molecule has 5 heteroatoms. The quantitative estimate of drug-likeness (QED) is 0.882. The minimum absolute atomic E-state index is 0.335. The third-order valence-corrected chi connectivity index (χ3v) is 3.96. The van der Waals surface area contributed by atoms with Gasteiger partial charge in [0, 0.05) is 30.6 Å². The van der Waals surface area contributed by atoms with E-state index in [1.807, 2.05) is 31.6 Å². The van der Waals surface area contributed by atoms with Gasteiger partial charge in [0.05, 0.1) is 5.69 Å². The van der Waals surface area contributed by atoms with Gasteiger partial charge in [-0.05, 0) is 30.5 Å². The second-order valence-electron chi connectivity index (χ2n) is 4.09. The van der Waals surface area contributed by atoms with E-state index in [-0.39, 0.29) is 0 Å². The maximum atomic E-state index is 4.15. The molecular weight excluding hydrogens is 232 g/mol. The van der Waals surface area contributed by atoms with Gasteiger partial charge >= 0.3 is 0 Å². The summed E-state index contributed by atoms with van der Waals surface area (Å²) in [6.45, 7) is 2.20. The molecule has 0 bridgehead atoms. The summed E-state index contributed by atoms with van der Waals surface area (Å²) in [5.41, 5.74) is 2.46.